The van der Waals surface area contributed by atoms with Gasteiger partial charge in [0, 0.05) is 20.6 Å². The van der Waals surface area contributed by atoms with Gasteiger partial charge in [0.15, 0.2) is 5.25 Å². The second-order valence-corrected chi connectivity index (χ2v) is 6.31. The summed E-state index contributed by atoms with van der Waals surface area (Å²) in [6.07, 6.45) is 0.816. The summed E-state index contributed by atoms with van der Waals surface area (Å²) in [5.74, 6) is -0.292. The fourth-order valence-electron chi connectivity index (χ4n) is 1.39. The second kappa shape index (κ2) is 7.34. The van der Waals surface area contributed by atoms with Crippen LogP contribution in [0.1, 0.15) is 26.7 Å². The number of carbonyl (C=O) groups excluding carboxylic acids is 1. The van der Waals surface area contributed by atoms with Gasteiger partial charge in [0.25, 0.3) is 0 Å². The molecule has 0 N–H and O–H groups in total. The third-order valence-electron chi connectivity index (χ3n) is 2.52. The molecule has 0 aromatic carbocycles. The van der Waals surface area contributed by atoms with Crippen LogP contribution in [0, 0.1) is 11.3 Å². The van der Waals surface area contributed by atoms with E-state index in [1.807, 2.05) is 6.92 Å². The van der Waals surface area contributed by atoms with Gasteiger partial charge in [-0.05, 0) is 12.8 Å². The molecule has 0 aromatic heterocycles. The molecule has 0 aromatic rings. The van der Waals surface area contributed by atoms with Crippen molar-refractivity contribution < 1.29 is 13.2 Å². The number of hydrogen-bond acceptors (Lipinski definition) is 4. The van der Waals surface area contributed by atoms with Crippen LogP contribution < -0.4 is 0 Å². The lowest BCUT2D eigenvalue weighted by Gasteiger charge is -2.24. The van der Waals surface area contributed by atoms with Gasteiger partial charge < -0.3 is 4.90 Å². The van der Waals surface area contributed by atoms with Crippen LogP contribution in [0.4, 0.5) is 0 Å². The largest absolute Gasteiger partial charge is 0.348 e. The molecule has 0 aliphatic heterocycles. The number of hydrogen-bond donors (Lipinski definition) is 0. The average Bonchev–Trinajstić information content (AvgIpc) is 2.29. The number of likely N-dealkylation sites (N-methyl/N-ethyl adjacent to an activating group) is 1. The summed E-state index contributed by atoms with van der Waals surface area (Å²) in [5.41, 5.74) is 0. The molecule has 18 heavy (non-hydrogen) atoms. The lowest BCUT2D eigenvalue weighted by atomic mass is 10.4. The fraction of sp³-hybridized carbons (Fsp3) is 0.818. The molecule has 7 heteroatoms. The minimum absolute atomic E-state index is 0.207. The van der Waals surface area contributed by atoms with Gasteiger partial charge in [-0.1, -0.05) is 13.8 Å². The molecule has 0 aliphatic rings. The van der Waals surface area contributed by atoms with Crippen molar-refractivity contribution in [2.24, 2.45) is 0 Å². The second-order valence-electron chi connectivity index (χ2n) is 4.19. The van der Waals surface area contributed by atoms with E-state index in [2.05, 4.69) is 0 Å². The molecule has 6 nitrogen and oxygen atoms in total. The van der Waals surface area contributed by atoms with E-state index in [9.17, 15) is 13.2 Å². The van der Waals surface area contributed by atoms with Crippen molar-refractivity contribution >= 4 is 15.9 Å². The number of sulfonamides is 1. The molecular weight excluding hydrogens is 254 g/mol. The molecule has 0 aliphatic carbocycles. The van der Waals surface area contributed by atoms with Crippen LogP contribution >= 0.6 is 0 Å². The van der Waals surface area contributed by atoms with E-state index < -0.39 is 15.3 Å². The Labute approximate surface area is 109 Å². The Balaban J connectivity index is 5.11. The predicted molar refractivity (Wildman–Crippen MR) is 69.2 cm³/mol. The Morgan fingerprint density at radius 1 is 1.33 bits per heavy atom. The molecule has 0 rings (SSSR count). The highest BCUT2D eigenvalue weighted by Gasteiger charge is 2.31. The highest BCUT2D eigenvalue weighted by atomic mass is 32.2. The van der Waals surface area contributed by atoms with Crippen molar-refractivity contribution in [1.82, 2.24) is 9.21 Å². The quantitative estimate of drug-likeness (QED) is 0.674. The highest BCUT2D eigenvalue weighted by molar-refractivity contribution is 7.90. The Morgan fingerprint density at radius 3 is 2.22 bits per heavy atom. The minimum Gasteiger partial charge on any atom is -0.348 e. The molecule has 0 fully saturated rings. The van der Waals surface area contributed by atoms with Crippen LogP contribution in [-0.2, 0) is 14.8 Å². The van der Waals surface area contributed by atoms with Crippen LogP contribution in [0.25, 0.3) is 0 Å². The molecule has 1 unspecified atom stereocenters. The van der Waals surface area contributed by atoms with E-state index in [4.69, 9.17) is 5.26 Å². The molecule has 0 heterocycles. The van der Waals surface area contributed by atoms with Gasteiger partial charge in [-0.2, -0.15) is 9.57 Å². The van der Waals surface area contributed by atoms with Crippen molar-refractivity contribution in [3.05, 3.63) is 0 Å². The molecule has 0 radical (unpaired) electrons. The summed E-state index contributed by atoms with van der Waals surface area (Å²) in [4.78, 5) is 12.9. The Hall–Kier alpha value is -1.13. The fourth-order valence-corrected chi connectivity index (χ4v) is 3.03. The van der Waals surface area contributed by atoms with Crippen LogP contribution in [0.3, 0.4) is 0 Å². The van der Waals surface area contributed by atoms with E-state index in [0.717, 1.165) is 4.31 Å². The van der Waals surface area contributed by atoms with E-state index in [-0.39, 0.29) is 25.4 Å². The number of amides is 1. The smallest absolute Gasteiger partial charge is 0.237 e. The lowest BCUT2D eigenvalue weighted by Crippen LogP contribution is -2.44. The molecule has 0 saturated carbocycles. The first-order chi connectivity index (χ1) is 8.31. The van der Waals surface area contributed by atoms with Crippen molar-refractivity contribution in [2.45, 2.75) is 31.9 Å². The molecular formula is C11H21N3O3S. The van der Waals surface area contributed by atoms with Gasteiger partial charge >= 0.3 is 0 Å². The molecule has 1 atom stereocenters. The maximum atomic E-state index is 12.2. The first kappa shape index (κ1) is 16.9. The minimum atomic E-state index is -3.73. The summed E-state index contributed by atoms with van der Waals surface area (Å²) in [5, 5.41) is 7.79. The van der Waals surface area contributed by atoms with Crippen molar-refractivity contribution in [3.63, 3.8) is 0 Å². The third kappa shape index (κ3) is 4.27. The van der Waals surface area contributed by atoms with Gasteiger partial charge in [0.05, 0.1) is 12.6 Å². The van der Waals surface area contributed by atoms with Crippen molar-refractivity contribution in [2.75, 3.05) is 27.2 Å². The number of rotatable bonds is 7. The van der Waals surface area contributed by atoms with Crippen LogP contribution in [0.5, 0.6) is 0 Å². The van der Waals surface area contributed by atoms with Crippen LogP contribution in [0.2, 0.25) is 0 Å². The van der Waals surface area contributed by atoms with E-state index in [0.29, 0.717) is 6.42 Å². The topological polar surface area (TPSA) is 81.5 Å². The van der Waals surface area contributed by atoms with Crippen LogP contribution in [-0.4, -0.2) is 56.0 Å². The molecule has 104 valence electrons. The number of nitriles is 1. The maximum absolute atomic E-state index is 12.2. The van der Waals surface area contributed by atoms with Gasteiger partial charge in [0.1, 0.15) is 0 Å². The van der Waals surface area contributed by atoms with Crippen LogP contribution in [0.15, 0.2) is 0 Å². The third-order valence-corrected chi connectivity index (χ3v) is 4.71. The zero-order valence-corrected chi connectivity index (χ0v) is 12.2. The van der Waals surface area contributed by atoms with Gasteiger partial charge in [-0.15, -0.1) is 0 Å². The van der Waals surface area contributed by atoms with Crippen molar-refractivity contribution in [1.29, 1.82) is 5.26 Å². The summed E-state index contributed by atoms with van der Waals surface area (Å²) < 4.78 is 25.5. The van der Waals surface area contributed by atoms with Gasteiger partial charge in [0.2, 0.25) is 15.9 Å². The van der Waals surface area contributed by atoms with Gasteiger partial charge in [-0.3, -0.25) is 4.79 Å². The number of carbonyl (C=O) groups is 1. The summed E-state index contributed by atoms with van der Waals surface area (Å²) in [6, 6.07) is 1.78. The first-order valence-corrected chi connectivity index (χ1v) is 7.40. The first-order valence-electron chi connectivity index (χ1n) is 5.89. The summed E-state index contributed by atoms with van der Waals surface area (Å²) >= 11 is 0. The van der Waals surface area contributed by atoms with Gasteiger partial charge in [-0.25, -0.2) is 8.42 Å². The SMILES string of the molecule is CCCN(CC(=O)N(C)C)S(=O)(=O)C(C#N)CC. The summed E-state index contributed by atoms with van der Waals surface area (Å²) in [6.45, 7) is 3.51. The maximum Gasteiger partial charge on any atom is 0.237 e. The summed E-state index contributed by atoms with van der Waals surface area (Å²) in [7, 11) is -0.589. The number of nitrogens with zero attached hydrogens (tertiary/aromatic N) is 3. The zero-order chi connectivity index (χ0) is 14.3. The monoisotopic (exact) mass is 275 g/mol. The van der Waals surface area contributed by atoms with E-state index in [1.54, 1.807) is 27.1 Å². The molecule has 0 spiro atoms. The predicted octanol–water partition coefficient (Wildman–Crippen LogP) is 0.419. The normalized spacial score (nSPS) is 13.1. The van der Waals surface area contributed by atoms with Crippen molar-refractivity contribution in [3.8, 4) is 6.07 Å². The standard InChI is InChI=1S/C11H21N3O3S/c1-5-7-14(9-11(15)13(3)4)18(16,17)10(6-2)8-12/h10H,5-7,9H2,1-4H3. The Kier molecular flexibility index (Phi) is 6.88. The molecule has 0 saturated heterocycles. The lowest BCUT2D eigenvalue weighted by molar-refractivity contribution is -0.128. The molecule has 0 bridgehead atoms. The zero-order valence-electron chi connectivity index (χ0n) is 11.4. The highest BCUT2D eigenvalue weighted by Crippen LogP contribution is 2.12. The Bertz CT molecular complexity index is 412. The van der Waals surface area contributed by atoms with E-state index >= 15 is 0 Å². The van der Waals surface area contributed by atoms with E-state index in [1.165, 1.54) is 4.90 Å². The Morgan fingerprint density at radius 2 is 1.89 bits per heavy atom. The average molecular weight is 275 g/mol. The molecule has 1 amide bonds.